The van der Waals surface area contributed by atoms with Crippen molar-refractivity contribution in [3.05, 3.63) is 98.6 Å². The number of alkyl halides is 4. The number of esters is 6. The van der Waals surface area contributed by atoms with E-state index in [1.54, 1.807) is 65.8 Å². The van der Waals surface area contributed by atoms with Gasteiger partial charge in [-0.25, -0.2) is 34.8 Å². The number of ether oxygens (including phenoxy) is 6. The van der Waals surface area contributed by atoms with Crippen LogP contribution in [-0.2, 0) is 73.3 Å². The SMILES string of the molecule is Cc1cc(C)c(OC(=O)/C=C/C(=O)OCC(F)(F)S(=O)(=O)[O-])c(C)c1.Cc1cc(C)c(OC(=O)CC(=O)OCCS(=O)(=O)[O-])c(C)c1.Cc1cc(C)c(OC(=O)CCC(=O)OCC(F)(F)S(=O)(=O)[O-])c(C)c1. The molecule has 3 aromatic rings. The van der Waals surface area contributed by atoms with E-state index in [1.807, 2.05) is 32.9 Å². The van der Waals surface area contributed by atoms with E-state index >= 15 is 0 Å². The van der Waals surface area contributed by atoms with E-state index in [0.717, 1.165) is 27.8 Å². The van der Waals surface area contributed by atoms with Gasteiger partial charge in [-0.1, -0.05) is 53.1 Å². The van der Waals surface area contributed by atoms with E-state index in [0.29, 0.717) is 45.9 Å². The van der Waals surface area contributed by atoms with Crippen LogP contribution in [0.15, 0.2) is 48.6 Å². The number of carbonyl (C=O) groups excluding carboxylic acids is 6. The van der Waals surface area contributed by atoms with Crippen molar-refractivity contribution in [1.82, 2.24) is 0 Å². The van der Waals surface area contributed by atoms with Crippen molar-refractivity contribution in [1.29, 1.82) is 0 Å². The predicted octanol–water partition coefficient (Wildman–Crippen LogP) is 4.73. The molecule has 28 heteroatoms. The molecule has 3 aromatic carbocycles. The monoisotopic (exact) mass is 1090 g/mol. The zero-order valence-corrected chi connectivity index (χ0v) is 42.3. The van der Waals surface area contributed by atoms with Crippen LogP contribution in [0.4, 0.5) is 17.6 Å². The summed E-state index contributed by atoms with van der Waals surface area (Å²) in [6, 6.07) is 10.8. The average Bonchev–Trinajstić information content (AvgIpc) is 3.21. The molecule has 0 amide bonds. The van der Waals surface area contributed by atoms with Gasteiger partial charge in [0.05, 0.1) is 28.7 Å². The lowest BCUT2D eigenvalue weighted by Crippen LogP contribution is -2.34. The summed E-state index contributed by atoms with van der Waals surface area (Å²) in [6.07, 6.45) is -0.607. The summed E-state index contributed by atoms with van der Waals surface area (Å²) in [5, 5.41) is -9.48. The van der Waals surface area contributed by atoms with Gasteiger partial charge in [-0.3, -0.25) is 19.2 Å². The quantitative estimate of drug-likeness (QED) is 0.0298. The second kappa shape index (κ2) is 26.9. The highest BCUT2D eigenvalue weighted by Crippen LogP contribution is 2.28. The summed E-state index contributed by atoms with van der Waals surface area (Å²) in [6.45, 7) is 11.7. The van der Waals surface area contributed by atoms with E-state index in [9.17, 15) is 85.2 Å². The number of carbonyl (C=O) groups is 6. The lowest BCUT2D eigenvalue weighted by atomic mass is 10.1. The number of aryl methyl sites for hydroxylation is 9. The smallest absolute Gasteiger partial charge is 0.367 e. The van der Waals surface area contributed by atoms with Gasteiger partial charge in [-0.2, -0.15) is 17.6 Å². The molecule has 0 radical (unpaired) electrons. The third-order valence-electron chi connectivity index (χ3n) is 8.74. The molecule has 0 spiro atoms. The molecule has 0 bridgehead atoms. The van der Waals surface area contributed by atoms with Gasteiger partial charge in [-0.15, -0.1) is 0 Å². The van der Waals surface area contributed by atoms with E-state index in [1.165, 1.54) is 0 Å². The van der Waals surface area contributed by atoms with E-state index in [4.69, 9.17) is 14.2 Å². The summed E-state index contributed by atoms with van der Waals surface area (Å²) in [5.41, 5.74) is 7.28. The van der Waals surface area contributed by atoms with E-state index in [-0.39, 0.29) is 5.75 Å². The first kappa shape index (κ1) is 63.7. The third-order valence-corrected chi connectivity index (χ3v) is 11.1. The molecule has 0 aliphatic heterocycles. The second-order valence-corrected chi connectivity index (χ2v) is 20.0. The zero-order chi connectivity index (χ0) is 55.7. The molecule has 0 heterocycles. The van der Waals surface area contributed by atoms with Crippen LogP contribution >= 0.6 is 0 Å². The lowest BCUT2D eigenvalue weighted by molar-refractivity contribution is -0.152. The molecule has 0 aliphatic carbocycles. The van der Waals surface area contributed by atoms with Crippen molar-refractivity contribution in [2.24, 2.45) is 0 Å². The molecule has 0 saturated carbocycles. The first-order valence-corrected chi connectivity index (χ1v) is 24.8. The minimum Gasteiger partial charge on any atom is -0.748 e. The molecule has 0 aliphatic rings. The van der Waals surface area contributed by atoms with Crippen LogP contribution in [0.1, 0.15) is 69.3 Å². The largest absolute Gasteiger partial charge is 0.748 e. The van der Waals surface area contributed by atoms with Gasteiger partial charge >= 0.3 is 46.3 Å². The summed E-state index contributed by atoms with van der Waals surface area (Å²) >= 11 is 0. The topological polar surface area (TPSA) is 329 Å². The number of hydrogen-bond donors (Lipinski definition) is 0. The fourth-order valence-electron chi connectivity index (χ4n) is 5.78. The standard InChI is InChI=1S/C15H18F2O7S.C15H16F2O7S.C14H18O7S/c2*1-9-6-10(2)14(11(3)7-9)24-13(19)5-4-12(18)23-8-15(16,17)25(20,21)22;1-9-6-10(2)14(11(3)7-9)21-13(16)8-12(15)20-4-5-22(17,18)19/h6-7H,4-5,8H2,1-3H3,(H,20,21,22);4-7H,8H2,1-3H3,(H,20,21,22);6-7H,4-5,8H2,1-3H3,(H,17,18,19)/p-3/b;5-4+;. The van der Waals surface area contributed by atoms with Gasteiger partial charge < -0.3 is 42.1 Å². The van der Waals surface area contributed by atoms with Crippen LogP contribution in [0.2, 0.25) is 0 Å². The molecule has 3 rings (SSSR count). The van der Waals surface area contributed by atoms with Crippen molar-refractivity contribution in [2.45, 2.75) is 92.1 Å². The van der Waals surface area contributed by atoms with Gasteiger partial charge in [0.2, 0.25) is 0 Å². The highest BCUT2D eigenvalue weighted by molar-refractivity contribution is 7.87. The first-order valence-electron chi connectivity index (χ1n) is 20.4. The Balaban J connectivity index is 0.000000541. The molecule has 400 valence electrons. The number of rotatable bonds is 19. The summed E-state index contributed by atoms with van der Waals surface area (Å²) in [5.74, 6) is -6.01. The van der Waals surface area contributed by atoms with Gasteiger partial charge in [0, 0.05) is 12.2 Å². The van der Waals surface area contributed by atoms with E-state index in [2.05, 4.69) is 14.2 Å². The molecule has 0 saturated heterocycles. The van der Waals surface area contributed by atoms with Crippen LogP contribution < -0.4 is 14.2 Å². The molecule has 72 heavy (non-hydrogen) atoms. The van der Waals surface area contributed by atoms with Crippen molar-refractivity contribution in [2.75, 3.05) is 25.6 Å². The molecule has 0 unspecified atom stereocenters. The van der Waals surface area contributed by atoms with Crippen molar-refractivity contribution in [3.8, 4) is 17.2 Å². The molecule has 0 atom stereocenters. The maximum absolute atomic E-state index is 12.8. The van der Waals surface area contributed by atoms with Crippen molar-refractivity contribution < 1.29 is 114 Å². The molecule has 0 N–H and O–H groups in total. The Morgan fingerprint density at radius 2 is 0.806 bits per heavy atom. The second-order valence-electron chi connectivity index (χ2n) is 15.5. The highest BCUT2D eigenvalue weighted by atomic mass is 32.2. The number of hydrogen-bond acceptors (Lipinski definition) is 21. The Morgan fingerprint density at radius 3 is 1.18 bits per heavy atom. The van der Waals surface area contributed by atoms with Crippen LogP contribution in [-0.4, -0.2) is 111 Å². The minimum atomic E-state index is -5.96. The Morgan fingerprint density at radius 1 is 0.472 bits per heavy atom. The van der Waals surface area contributed by atoms with Crippen molar-refractivity contribution in [3.63, 3.8) is 0 Å². The summed E-state index contributed by atoms with van der Waals surface area (Å²) < 4.78 is 172. The van der Waals surface area contributed by atoms with Crippen molar-refractivity contribution >= 4 is 66.2 Å². The summed E-state index contributed by atoms with van der Waals surface area (Å²) in [4.78, 5) is 68.9. The van der Waals surface area contributed by atoms with Crippen LogP contribution in [0.5, 0.6) is 17.2 Å². The Labute approximate surface area is 412 Å². The first-order chi connectivity index (χ1) is 32.7. The van der Waals surface area contributed by atoms with Gasteiger partial charge in [-0.05, 0) is 95.7 Å². The molecular formula is C44H49F4O21S3-3. The van der Waals surface area contributed by atoms with E-state index < -0.39 is 122 Å². The van der Waals surface area contributed by atoms with Gasteiger partial charge in [0.15, 0.2) is 33.5 Å². The zero-order valence-electron chi connectivity index (χ0n) is 39.9. The average molecular weight is 1090 g/mol. The Kier molecular flexibility index (Phi) is 23.8. The van der Waals surface area contributed by atoms with Gasteiger partial charge in [0.25, 0.3) is 0 Å². The fraction of sp³-hybridized carbons (Fsp3) is 0.409. The minimum absolute atomic E-state index is 0.289. The number of benzene rings is 3. The fourth-order valence-corrected chi connectivity index (χ4v) is 6.48. The highest BCUT2D eigenvalue weighted by Gasteiger charge is 2.40. The predicted molar refractivity (Wildman–Crippen MR) is 239 cm³/mol. The molecular weight excluding hydrogens is 1040 g/mol. The summed E-state index contributed by atoms with van der Waals surface area (Å²) in [7, 11) is -16.4. The normalized spacial score (nSPS) is 11.8. The van der Waals surface area contributed by atoms with Crippen LogP contribution in [0.3, 0.4) is 0 Å². The van der Waals surface area contributed by atoms with Crippen LogP contribution in [0, 0.1) is 62.3 Å². The molecule has 0 fully saturated rings. The lowest BCUT2D eigenvalue weighted by Gasteiger charge is -2.19. The Hall–Kier alpha value is -6.33. The molecule has 21 nitrogen and oxygen atoms in total. The maximum atomic E-state index is 12.8. The maximum Gasteiger partial charge on any atom is 0.367 e. The Bertz CT molecular complexity index is 2810. The van der Waals surface area contributed by atoms with Crippen LogP contribution in [0.25, 0.3) is 0 Å². The third kappa shape index (κ3) is 22.8. The van der Waals surface area contributed by atoms with Gasteiger partial charge in [0.1, 0.15) is 30.3 Å². The number of halogens is 4. The molecule has 0 aromatic heterocycles.